The van der Waals surface area contributed by atoms with Crippen molar-refractivity contribution < 1.29 is 0 Å². The first kappa shape index (κ1) is 13.3. The minimum atomic E-state index is 0.337. The molecule has 0 saturated heterocycles. The van der Waals surface area contributed by atoms with Crippen LogP contribution in [0.15, 0.2) is 12.1 Å². The van der Waals surface area contributed by atoms with Crippen molar-refractivity contribution in [1.82, 2.24) is 0 Å². The molecule has 0 radical (unpaired) electrons. The molecule has 0 aromatic heterocycles. The van der Waals surface area contributed by atoms with Crippen LogP contribution in [0.4, 0.5) is 0 Å². The zero-order chi connectivity index (χ0) is 13.0. The zero-order valence-electron chi connectivity index (χ0n) is 10.9. The van der Waals surface area contributed by atoms with Gasteiger partial charge < -0.3 is 0 Å². The van der Waals surface area contributed by atoms with Crippen molar-refractivity contribution in [3.8, 4) is 12.1 Å². The normalized spacial score (nSPS) is 10.4. The van der Waals surface area contributed by atoms with E-state index >= 15 is 0 Å². The monoisotopic (exact) mass is 226 g/mol. The fourth-order valence-corrected chi connectivity index (χ4v) is 2.10. The van der Waals surface area contributed by atoms with Crippen LogP contribution in [-0.2, 0) is 6.42 Å². The minimum absolute atomic E-state index is 0.337. The van der Waals surface area contributed by atoms with Gasteiger partial charge in [-0.2, -0.15) is 10.5 Å². The first-order chi connectivity index (χ1) is 8.01. The summed E-state index contributed by atoms with van der Waals surface area (Å²) in [4.78, 5) is 0. The van der Waals surface area contributed by atoms with Crippen LogP contribution >= 0.6 is 0 Å². The number of benzene rings is 1. The molecule has 0 amide bonds. The molecule has 0 fully saturated rings. The maximum Gasteiger partial charge on any atom is 0.0991 e. The van der Waals surface area contributed by atoms with Gasteiger partial charge in [-0.1, -0.05) is 27.7 Å². The lowest BCUT2D eigenvalue weighted by Gasteiger charge is -2.18. The highest BCUT2D eigenvalue weighted by molar-refractivity contribution is 5.47. The van der Waals surface area contributed by atoms with Gasteiger partial charge in [-0.25, -0.2) is 0 Å². The van der Waals surface area contributed by atoms with E-state index in [0.29, 0.717) is 23.8 Å². The predicted molar refractivity (Wildman–Crippen MR) is 68.7 cm³/mol. The first-order valence-corrected chi connectivity index (χ1v) is 5.95. The molecular weight excluding hydrogens is 208 g/mol. The van der Waals surface area contributed by atoms with Crippen molar-refractivity contribution in [2.24, 2.45) is 0 Å². The van der Waals surface area contributed by atoms with Crippen LogP contribution in [0.2, 0.25) is 0 Å². The van der Waals surface area contributed by atoms with Crippen LogP contribution in [0.3, 0.4) is 0 Å². The summed E-state index contributed by atoms with van der Waals surface area (Å²) in [7, 11) is 0. The van der Waals surface area contributed by atoms with E-state index in [-0.39, 0.29) is 0 Å². The molecule has 0 aliphatic rings. The number of hydrogen-bond acceptors (Lipinski definition) is 2. The summed E-state index contributed by atoms with van der Waals surface area (Å²) in [5.74, 6) is 0.674. The van der Waals surface area contributed by atoms with Gasteiger partial charge in [0.15, 0.2) is 0 Å². The average molecular weight is 226 g/mol. The summed E-state index contributed by atoms with van der Waals surface area (Å²) in [6, 6.07) is 8.27. The fourth-order valence-electron chi connectivity index (χ4n) is 2.10. The lowest BCUT2D eigenvalue weighted by molar-refractivity contribution is 0.808. The second-order valence-electron chi connectivity index (χ2n) is 4.89. The molecule has 1 aromatic rings. The summed E-state index contributed by atoms with van der Waals surface area (Å²) in [6.07, 6.45) is 0.423. The van der Waals surface area contributed by atoms with Gasteiger partial charge in [0.2, 0.25) is 0 Å². The first-order valence-electron chi connectivity index (χ1n) is 5.95. The SMILES string of the molecule is CC(C)c1cc(C#N)cc(C(C)C)c1CC#N. The summed E-state index contributed by atoms with van der Waals surface area (Å²) in [5.41, 5.74) is 4.07. The van der Waals surface area contributed by atoms with Gasteiger partial charge in [-0.15, -0.1) is 0 Å². The van der Waals surface area contributed by atoms with E-state index in [2.05, 4.69) is 39.8 Å². The van der Waals surface area contributed by atoms with Gasteiger partial charge in [0, 0.05) is 0 Å². The molecule has 0 spiro atoms. The van der Waals surface area contributed by atoms with Crippen molar-refractivity contribution in [1.29, 1.82) is 10.5 Å². The molecule has 0 aliphatic carbocycles. The van der Waals surface area contributed by atoms with Crippen molar-refractivity contribution in [2.75, 3.05) is 0 Å². The van der Waals surface area contributed by atoms with E-state index < -0.39 is 0 Å². The highest BCUT2D eigenvalue weighted by atomic mass is 14.3. The molecule has 0 N–H and O–H groups in total. The molecule has 0 heterocycles. The maximum atomic E-state index is 9.06. The predicted octanol–water partition coefficient (Wildman–Crippen LogP) is 3.87. The van der Waals surface area contributed by atoms with Crippen molar-refractivity contribution in [2.45, 2.75) is 46.0 Å². The summed E-state index contributed by atoms with van der Waals surface area (Å²) >= 11 is 0. The van der Waals surface area contributed by atoms with Crippen molar-refractivity contribution in [3.05, 3.63) is 34.4 Å². The van der Waals surface area contributed by atoms with E-state index in [0.717, 1.165) is 16.7 Å². The molecular formula is C15H18N2. The Morgan fingerprint density at radius 1 is 1.00 bits per heavy atom. The summed E-state index contributed by atoms with van der Waals surface area (Å²) in [5, 5.41) is 18.0. The van der Waals surface area contributed by atoms with Gasteiger partial charge in [0.1, 0.15) is 0 Å². The Hall–Kier alpha value is -1.80. The van der Waals surface area contributed by atoms with E-state index in [9.17, 15) is 0 Å². The molecule has 0 atom stereocenters. The molecule has 17 heavy (non-hydrogen) atoms. The van der Waals surface area contributed by atoms with Crippen LogP contribution in [0.25, 0.3) is 0 Å². The van der Waals surface area contributed by atoms with Gasteiger partial charge in [0.05, 0.1) is 24.1 Å². The Kier molecular flexibility index (Phi) is 4.30. The number of nitrogens with zero attached hydrogens (tertiary/aromatic N) is 2. The summed E-state index contributed by atoms with van der Waals surface area (Å²) < 4.78 is 0. The van der Waals surface area contributed by atoms with E-state index in [1.54, 1.807) is 0 Å². The smallest absolute Gasteiger partial charge is 0.0991 e. The molecule has 1 rings (SSSR count). The average Bonchev–Trinajstić information content (AvgIpc) is 2.28. The largest absolute Gasteiger partial charge is 0.198 e. The number of nitriles is 2. The fraction of sp³-hybridized carbons (Fsp3) is 0.467. The lowest BCUT2D eigenvalue weighted by Crippen LogP contribution is -2.04. The molecule has 88 valence electrons. The molecule has 1 aromatic carbocycles. The molecule has 2 nitrogen and oxygen atoms in total. The Morgan fingerprint density at radius 3 is 1.76 bits per heavy atom. The minimum Gasteiger partial charge on any atom is -0.198 e. The van der Waals surface area contributed by atoms with Gasteiger partial charge in [0.25, 0.3) is 0 Å². The maximum absolute atomic E-state index is 9.06. The second-order valence-corrected chi connectivity index (χ2v) is 4.89. The standard InChI is InChI=1S/C15H18N2/c1-10(2)14-7-12(9-17)8-15(11(3)4)13(14)5-6-16/h7-8,10-11H,5H2,1-4H3. The van der Waals surface area contributed by atoms with Gasteiger partial charge in [-0.05, 0) is 40.7 Å². The van der Waals surface area contributed by atoms with Crippen LogP contribution in [0.5, 0.6) is 0 Å². The Morgan fingerprint density at radius 2 is 1.47 bits per heavy atom. The highest BCUT2D eigenvalue weighted by Crippen LogP contribution is 2.29. The van der Waals surface area contributed by atoms with Gasteiger partial charge in [-0.3, -0.25) is 0 Å². The van der Waals surface area contributed by atoms with E-state index in [4.69, 9.17) is 10.5 Å². The molecule has 0 bridgehead atoms. The van der Waals surface area contributed by atoms with Crippen LogP contribution < -0.4 is 0 Å². The van der Waals surface area contributed by atoms with Crippen molar-refractivity contribution >= 4 is 0 Å². The molecule has 2 heteroatoms. The topological polar surface area (TPSA) is 47.6 Å². The van der Waals surface area contributed by atoms with E-state index in [1.807, 2.05) is 12.1 Å². The summed E-state index contributed by atoms with van der Waals surface area (Å²) in [6.45, 7) is 8.39. The van der Waals surface area contributed by atoms with Crippen LogP contribution in [0.1, 0.15) is 61.8 Å². The van der Waals surface area contributed by atoms with Crippen molar-refractivity contribution in [3.63, 3.8) is 0 Å². The zero-order valence-corrected chi connectivity index (χ0v) is 10.9. The molecule has 0 unspecified atom stereocenters. The Balaban J connectivity index is 3.52. The van der Waals surface area contributed by atoms with Crippen LogP contribution in [-0.4, -0.2) is 0 Å². The third-order valence-electron chi connectivity index (χ3n) is 2.95. The third-order valence-corrected chi connectivity index (χ3v) is 2.95. The Labute approximate surface area is 104 Å². The highest BCUT2D eigenvalue weighted by Gasteiger charge is 2.15. The quantitative estimate of drug-likeness (QED) is 0.785. The third kappa shape index (κ3) is 2.86. The molecule has 0 aliphatic heterocycles. The Bertz CT molecular complexity index is 456. The number of rotatable bonds is 3. The van der Waals surface area contributed by atoms with E-state index in [1.165, 1.54) is 0 Å². The molecule has 0 saturated carbocycles. The number of hydrogen-bond donors (Lipinski definition) is 0. The van der Waals surface area contributed by atoms with Crippen LogP contribution in [0, 0.1) is 22.7 Å². The lowest BCUT2D eigenvalue weighted by atomic mass is 9.86. The van der Waals surface area contributed by atoms with Gasteiger partial charge >= 0.3 is 0 Å². The second kappa shape index (κ2) is 5.51.